The van der Waals surface area contributed by atoms with Crippen LogP contribution >= 0.6 is 15.9 Å². The molecular formula is C13H18BrNO2. The second-order valence-electron chi connectivity index (χ2n) is 4.42. The summed E-state index contributed by atoms with van der Waals surface area (Å²) >= 11 is 3.50. The van der Waals surface area contributed by atoms with Crippen LogP contribution in [-0.4, -0.2) is 19.3 Å². The molecule has 0 bridgehead atoms. The number of ether oxygens (including phenoxy) is 2. The normalized spacial score (nSPS) is 21.5. The summed E-state index contributed by atoms with van der Waals surface area (Å²) in [5.41, 5.74) is 6.92. The standard InChI is InChI=1S/C13H18BrNO2/c1-9(15)10-4-5-13(12(14)7-10)17-8-11-3-2-6-16-11/h4-5,7,9,11H,2-3,6,8,15H2,1H3/t9-,11?/m0/s1. The first-order valence-corrected chi connectivity index (χ1v) is 6.75. The zero-order chi connectivity index (χ0) is 12.3. The lowest BCUT2D eigenvalue weighted by atomic mass is 10.1. The van der Waals surface area contributed by atoms with Crippen LogP contribution in [0.1, 0.15) is 31.4 Å². The Kier molecular flexibility index (Phi) is 4.42. The van der Waals surface area contributed by atoms with Gasteiger partial charge in [0.1, 0.15) is 12.4 Å². The highest BCUT2D eigenvalue weighted by Crippen LogP contribution is 2.28. The van der Waals surface area contributed by atoms with Crippen LogP contribution in [0.2, 0.25) is 0 Å². The minimum Gasteiger partial charge on any atom is -0.490 e. The molecule has 1 unspecified atom stereocenters. The largest absolute Gasteiger partial charge is 0.490 e. The third-order valence-electron chi connectivity index (χ3n) is 2.93. The molecule has 0 aromatic heterocycles. The molecule has 0 radical (unpaired) electrons. The molecule has 1 aromatic carbocycles. The summed E-state index contributed by atoms with van der Waals surface area (Å²) < 4.78 is 12.2. The Hall–Kier alpha value is -0.580. The third kappa shape index (κ3) is 3.44. The van der Waals surface area contributed by atoms with Gasteiger partial charge >= 0.3 is 0 Å². The van der Waals surface area contributed by atoms with Crippen LogP contribution in [0.4, 0.5) is 0 Å². The van der Waals surface area contributed by atoms with Crippen LogP contribution in [0.15, 0.2) is 22.7 Å². The lowest BCUT2D eigenvalue weighted by Crippen LogP contribution is -2.16. The maximum absolute atomic E-state index is 5.82. The summed E-state index contributed by atoms with van der Waals surface area (Å²) in [7, 11) is 0. The molecule has 0 saturated carbocycles. The van der Waals surface area contributed by atoms with E-state index in [1.807, 2.05) is 25.1 Å². The molecule has 1 aliphatic heterocycles. The molecule has 0 spiro atoms. The molecule has 1 aliphatic rings. The highest BCUT2D eigenvalue weighted by atomic mass is 79.9. The zero-order valence-electron chi connectivity index (χ0n) is 9.99. The summed E-state index contributed by atoms with van der Waals surface area (Å²) in [6.07, 6.45) is 2.48. The molecule has 17 heavy (non-hydrogen) atoms. The first kappa shape index (κ1) is 12.9. The second kappa shape index (κ2) is 5.85. The number of hydrogen-bond acceptors (Lipinski definition) is 3. The Morgan fingerprint density at radius 1 is 1.59 bits per heavy atom. The van der Waals surface area contributed by atoms with Gasteiger partial charge in [-0.05, 0) is 53.4 Å². The molecule has 1 aromatic rings. The van der Waals surface area contributed by atoms with Crippen molar-refractivity contribution >= 4 is 15.9 Å². The van der Waals surface area contributed by atoms with Gasteiger partial charge in [-0.1, -0.05) is 6.07 Å². The fourth-order valence-corrected chi connectivity index (χ4v) is 2.39. The number of halogens is 1. The molecule has 3 nitrogen and oxygen atoms in total. The van der Waals surface area contributed by atoms with Gasteiger partial charge in [0, 0.05) is 12.6 Å². The van der Waals surface area contributed by atoms with Crippen LogP contribution in [-0.2, 0) is 4.74 Å². The van der Waals surface area contributed by atoms with Crippen molar-refractivity contribution in [2.75, 3.05) is 13.2 Å². The highest BCUT2D eigenvalue weighted by molar-refractivity contribution is 9.10. The van der Waals surface area contributed by atoms with Crippen molar-refractivity contribution in [3.05, 3.63) is 28.2 Å². The summed E-state index contributed by atoms with van der Waals surface area (Å²) in [4.78, 5) is 0. The number of benzene rings is 1. The van der Waals surface area contributed by atoms with Crippen LogP contribution in [0.3, 0.4) is 0 Å². The minimum absolute atomic E-state index is 0.0403. The molecule has 2 N–H and O–H groups in total. The van der Waals surface area contributed by atoms with E-state index in [9.17, 15) is 0 Å². The van der Waals surface area contributed by atoms with Crippen molar-refractivity contribution in [2.45, 2.75) is 31.9 Å². The fraction of sp³-hybridized carbons (Fsp3) is 0.538. The summed E-state index contributed by atoms with van der Waals surface area (Å²) in [6, 6.07) is 6.01. The van der Waals surface area contributed by atoms with E-state index in [-0.39, 0.29) is 12.1 Å². The molecular weight excluding hydrogens is 282 g/mol. The van der Waals surface area contributed by atoms with Crippen LogP contribution < -0.4 is 10.5 Å². The topological polar surface area (TPSA) is 44.5 Å². The van der Waals surface area contributed by atoms with E-state index in [4.69, 9.17) is 15.2 Å². The van der Waals surface area contributed by atoms with E-state index in [0.29, 0.717) is 6.61 Å². The highest BCUT2D eigenvalue weighted by Gasteiger charge is 2.16. The third-order valence-corrected chi connectivity index (χ3v) is 3.55. The van der Waals surface area contributed by atoms with Crippen LogP contribution in [0.25, 0.3) is 0 Å². The summed E-state index contributed by atoms with van der Waals surface area (Å²) in [6.45, 7) is 3.45. The van der Waals surface area contributed by atoms with Gasteiger partial charge in [-0.2, -0.15) is 0 Å². The lowest BCUT2D eigenvalue weighted by molar-refractivity contribution is 0.0677. The first-order valence-electron chi connectivity index (χ1n) is 5.96. The molecule has 2 rings (SSSR count). The van der Waals surface area contributed by atoms with Crippen molar-refractivity contribution in [1.29, 1.82) is 0 Å². The van der Waals surface area contributed by atoms with Crippen molar-refractivity contribution in [1.82, 2.24) is 0 Å². The van der Waals surface area contributed by atoms with Gasteiger partial charge in [0.15, 0.2) is 0 Å². The average Bonchev–Trinajstić information content (AvgIpc) is 2.80. The van der Waals surface area contributed by atoms with E-state index >= 15 is 0 Å². The number of nitrogens with two attached hydrogens (primary N) is 1. The van der Waals surface area contributed by atoms with Gasteiger partial charge in [0.05, 0.1) is 10.6 Å². The molecule has 1 heterocycles. The Morgan fingerprint density at radius 2 is 2.41 bits per heavy atom. The smallest absolute Gasteiger partial charge is 0.133 e. The molecule has 94 valence electrons. The Bertz CT molecular complexity index is 376. The molecule has 1 fully saturated rings. The predicted octanol–water partition coefficient (Wildman–Crippen LogP) is 3.03. The molecule has 1 saturated heterocycles. The molecule has 2 atom stereocenters. The van der Waals surface area contributed by atoms with Gasteiger partial charge in [-0.25, -0.2) is 0 Å². The van der Waals surface area contributed by atoms with Gasteiger partial charge in [0.25, 0.3) is 0 Å². The molecule has 0 aliphatic carbocycles. The van der Waals surface area contributed by atoms with Gasteiger partial charge in [-0.3, -0.25) is 0 Å². The van der Waals surface area contributed by atoms with Crippen LogP contribution in [0.5, 0.6) is 5.75 Å². The van der Waals surface area contributed by atoms with Gasteiger partial charge in [0.2, 0.25) is 0 Å². The Labute approximate surface area is 110 Å². The van der Waals surface area contributed by atoms with Crippen molar-refractivity contribution in [2.24, 2.45) is 5.73 Å². The Balaban J connectivity index is 1.96. The van der Waals surface area contributed by atoms with Crippen LogP contribution in [0, 0.1) is 0 Å². The minimum atomic E-state index is 0.0403. The van der Waals surface area contributed by atoms with E-state index in [2.05, 4.69) is 15.9 Å². The van der Waals surface area contributed by atoms with Gasteiger partial charge in [-0.15, -0.1) is 0 Å². The van der Waals surface area contributed by atoms with Crippen molar-refractivity contribution < 1.29 is 9.47 Å². The Morgan fingerprint density at radius 3 is 3.00 bits per heavy atom. The summed E-state index contributed by atoms with van der Waals surface area (Å²) in [5.74, 6) is 0.852. The van der Waals surface area contributed by atoms with Gasteiger partial charge < -0.3 is 15.2 Å². The van der Waals surface area contributed by atoms with E-state index < -0.39 is 0 Å². The maximum atomic E-state index is 5.82. The summed E-state index contributed by atoms with van der Waals surface area (Å²) in [5, 5.41) is 0. The number of rotatable bonds is 4. The number of hydrogen-bond donors (Lipinski definition) is 1. The maximum Gasteiger partial charge on any atom is 0.133 e. The molecule has 4 heteroatoms. The predicted molar refractivity (Wildman–Crippen MR) is 71.2 cm³/mol. The van der Waals surface area contributed by atoms with Crippen molar-refractivity contribution in [3.63, 3.8) is 0 Å². The molecule has 0 amide bonds. The van der Waals surface area contributed by atoms with E-state index in [1.54, 1.807) is 0 Å². The monoisotopic (exact) mass is 299 g/mol. The van der Waals surface area contributed by atoms with E-state index in [1.165, 1.54) is 0 Å². The van der Waals surface area contributed by atoms with Crippen molar-refractivity contribution in [3.8, 4) is 5.75 Å². The first-order chi connectivity index (χ1) is 8.16. The fourth-order valence-electron chi connectivity index (χ4n) is 1.88. The second-order valence-corrected chi connectivity index (χ2v) is 5.28. The zero-order valence-corrected chi connectivity index (χ0v) is 11.6. The SMILES string of the molecule is C[C@H](N)c1ccc(OCC2CCCO2)c(Br)c1. The average molecular weight is 300 g/mol. The lowest BCUT2D eigenvalue weighted by Gasteiger charge is -2.14. The quantitative estimate of drug-likeness (QED) is 0.929. The van der Waals surface area contributed by atoms with E-state index in [0.717, 1.165) is 35.2 Å².